The molecule has 2 amide bonds. The van der Waals surface area contributed by atoms with Gasteiger partial charge in [-0.05, 0) is 17.7 Å². The summed E-state index contributed by atoms with van der Waals surface area (Å²) in [5.41, 5.74) is -5.41. The third-order valence-electron chi connectivity index (χ3n) is 3.73. The van der Waals surface area contributed by atoms with E-state index in [2.05, 4.69) is 0 Å². The lowest BCUT2D eigenvalue weighted by molar-refractivity contribution is -0.303. The Morgan fingerprint density at radius 3 is 1.85 bits per heavy atom. The minimum Gasteiger partial charge on any atom is -0.316 e. The van der Waals surface area contributed by atoms with Gasteiger partial charge in [-0.1, -0.05) is 42.5 Å². The van der Waals surface area contributed by atoms with Crippen molar-refractivity contribution >= 4 is 11.7 Å². The predicted molar refractivity (Wildman–Crippen MR) is 83.5 cm³/mol. The second-order valence-electron chi connectivity index (χ2n) is 5.62. The second kappa shape index (κ2) is 7.45. The van der Waals surface area contributed by atoms with Gasteiger partial charge in [-0.3, -0.25) is 0 Å². The van der Waals surface area contributed by atoms with Crippen molar-refractivity contribution in [2.75, 3.05) is 5.32 Å². The molecule has 0 aliphatic rings. The summed E-state index contributed by atoms with van der Waals surface area (Å²) in [6, 6.07) is 8.64. The van der Waals surface area contributed by atoms with Crippen LogP contribution in [0.1, 0.15) is 5.56 Å². The summed E-state index contributed by atoms with van der Waals surface area (Å²) in [5, 5.41) is 2.64. The number of carbonyl (C=O) groups excluding carboxylic acids is 1. The molecule has 0 saturated heterocycles. The van der Waals surface area contributed by atoms with Gasteiger partial charge in [0.1, 0.15) is 5.82 Å². The van der Waals surface area contributed by atoms with Crippen LogP contribution in [-0.4, -0.2) is 23.9 Å². The monoisotopic (exact) mass is 394 g/mol. The maximum atomic E-state index is 13.5. The van der Waals surface area contributed by atoms with Crippen LogP contribution in [0.2, 0.25) is 0 Å². The number of benzene rings is 2. The topological polar surface area (TPSA) is 41.1 Å². The first-order chi connectivity index (χ1) is 12.5. The molecule has 0 aliphatic carbocycles. The fourth-order valence-electron chi connectivity index (χ4n) is 2.36. The maximum absolute atomic E-state index is 13.5. The number of hydrogen-bond donors (Lipinski definition) is 2. The summed E-state index contributed by atoms with van der Waals surface area (Å²) >= 11 is 0. The van der Waals surface area contributed by atoms with E-state index >= 15 is 0 Å². The molecule has 10 heteroatoms. The highest BCUT2D eigenvalue weighted by molar-refractivity contribution is 5.90. The molecule has 146 valence electrons. The molecule has 27 heavy (non-hydrogen) atoms. The lowest BCUT2D eigenvalue weighted by Gasteiger charge is -2.38. The van der Waals surface area contributed by atoms with Gasteiger partial charge in [-0.2, -0.15) is 26.3 Å². The number of rotatable bonds is 4. The first-order valence-corrected chi connectivity index (χ1v) is 7.47. The molecule has 0 saturated carbocycles. The number of hydrogen-bond acceptors (Lipinski definition) is 1. The molecule has 2 rings (SSSR count). The van der Waals surface area contributed by atoms with Gasteiger partial charge < -0.3 is 10.6 Å². The minimum absolute atomic E-state index is 0.293. The number of alkyl halides is 6. The molecular weight excluding hydrogens is 381 g/mol. The summed E-state index contributed by atoms with van der Waals surface area (Å²) < 4.78 is 94.5. The van der Waals surface area contributed by atoms with Crippen molar-refractivity contribution in [3.8, 4) is 0 Å². The van der Waals surface area contributed by atoms with E-state index in [-0.39, 0.29) is 5.56 Å². The average molecular weight is 394 g/mol. The molecule has 2 aromatic rings. The number of anilines is 1. The minimum atomic E-state index is -5.87. The molecular formula is C17H13F7N2O. The van der Waals surface area contributed by atoms with E-state index in [9.17, 15) is 35.5 Å². The largest absolute Gasteiger partial charge is 0.420 e. The zero-order valence-corrected chi connectivity index (χ0v) is 13.5. The van der Waals surface area contributed by atoms with Gasteiger partial charge in [0.25, 0.3) is 0 Å². The molecule has 3 nitrogen and oxygen atoms in total. The molecule has 0 fully saturated rings. The zero-order valence-electron chi connectivity index (χ0n) is 13.5. The summed E-state index contributed by atoms with van der Waals surface area (Å²) in [4.78, 5) is 11.9. The Labute approximate surface area is 149 Å². The standard InChI is InChI=1S/C17H13F7N2O/c18-12-8-4-5-9-13(12)25-14(27)26-15(16(19,20)21,17(22,23)24)10-11-6-2-1-3-7-11/h1-9H,10H2,(H2,25,26,27). The van der Waals surface area contributed by atoms with Crippen molar-refractivity contribution in [1.29, 1.82) is 0 Å². The van der Waals surface area contributed by atoms with Crippen molar-refractivity contribution in [2.24, 2.45) is 0 Å². The Hall–Kier alpha value is -2.78. The summed E-state index contributed by atoms with van der Waals surface area (Å²) in [6.07, 6.45) is -13.3. The van der Waals surface area contributed by atoms with Crippen LogP contribution in [0.3, 0.4) is 0 Å². The number of amides is 2. The van der Waals surface area contributed by atoms with Gasteiger partial charge in [0.05, 0.1) is 5.69 Å². The van der Waals surface area contributed by atoms with Crippen LogP contribution in [0.5, 0.6) is 0 Å². The van der Waals surface area contributed by atoms with E-state index < -0.39 is 41.8 Å². The fraction of sp³-hybridized carbons (Fsp3) is 0.235. The first kappa shape index (κ1) is 20.5. The molecule has 0 spiro atoms. The molecule has 2 aromatic carbocycles. The van der Waals surface area contributed by atoms with Gasteiger partial charge in [0.2, 0.25) is 5.54 Å². The van der Waals surface area contributed by atoms with Crippen molar-refractivity contribution in [2.45, 2.75) is 24.3 Å². The first-order valence-electron chi connectivity index (χ1n) is 7.47. The number of halogens is 7. The SMILES string of the molecule is O=C(Nc1ccccc1F)NC(Cc1ccccc1)(C(F)(F)F)C(F)(F)F. The second-order valence-corrected chi connectivity index (χ2v) is 5.62. The number of nitrogens with one attached hydrogen (secondary N) is 2. The van der Waals surface area contributed by atoms with Crippen LogP contribution < -0.4 is 10.6 Å². The van der Waals surface area contributed by atoms with E-state index in [0.29, 0.717) is 0 Å². The zero-order chi connectivity index (χ0) is 20.3. The number of carbonyl (C=O) groups is 1. The average Bonchev–Trinajstić information content (AvgIpc) is 2.55. The van der Waals surface area contributed by atoms with Crippen LogP contribution >= 0.6 is 0 Å². The lowest BCUT2D eigenvalue weighted by atomic mass is 9.89. The van der Waals surface area contributed by atoms with Gasteiger partial charge in [-0.15, -0.1) is 0 Å². The van der Waals surface area contributed by atoms with Crippen LogP contribution in [0.4, 0.5) is 41.2 Å². The highest BCUT2D eigenvalue weighted by Gasteiger charge is 2.71. The van der Waals surface area contributed by atoms with E-state index in [4.69, 9.17) is 0 Å². The Balaban J connectivity index is 2.39. The molecule has 0 heterocycles. The quantitative estimate of drug-likeness (QED) is 0.700. The van der Waals surface area contributed by atoms with E-state index in [1.807, 2.05) is 0 Å². The third-order valence-corrected chi connectivity index (χ3v) is 3.73. The summed E-state index contributed by atoms with van der Waals surface area (Å²) in [5.74, 6) is -1.01. The summed E-state index contributed by atoms with van der Waals surface area (Å²) in [6.45, 7) is 0. The van der Waals surface area contributed by atoms with Crippen LogP contribution in [0, 0.1) is 5.82 Å². The summed E-state index contributed by atoms with van der Waals surface area (Å²) in [7, 11) is 0. The van der Waals surface area contributed by atoms with Gasteiger partial charge in [0, 0.05) is 6.42 Å². The Kier molecular flexibility index (Phi) is 5.67. The molecule has 0 atom stereocenters. The van der Waals surface area contributed by atoms with E-state index in [1.54, 1.807) is 5.32 Å². The van der Waals surface area contributed by atoms with E-state index in [1.165, 1.54) is 30.3 Å². The number of para-hydroxylation sites is 1. The van der Waals surface area contributed by atoms with Crippen LogP contribution in [0.25, 0.3) is 0 Å². The van der Waals surface area contributed by atoms with Gasteiger partial charge >= 0.3 is 18.4 Å². The van der Waals surface area contributed by atoms with Crippen molar-refractivity contribution in [3.05, 3.63) is 66.0 Å². The lowest BCUT2D eigenvalue weighted by Crippen LogP contribution is -2.69. The predicted octanol–water partition coefficient (Wildman–Crippen LogP) is 5.05. The highest BCUT2D eigenvalue weighted by atomic mass is 19.4. The fourth-order valence-corrected chi connectivity index (χ4v) is 2.36. The smallest absolute Gasteiger partial charge is 0.316 e. The molecule has 0 bridgehead atoms. The molecule has 0 unspecified atom stereocenters. The Morgan fingerprint density at radius 2 is 1.33 bits per heavy atom. The van der Waals surface area contributed by atoms with Crippen molar-refractivity contribution < 1.29 is 35.5 Å². The third kappa shape index (κ3) is 4.50. The highest BCUT2D eigenvalue weighted by Crippen LogP contribution is 2.45. The van der Waals surface area contributed by atoms with E-state index in [0.717, 1.165) is 29.6 Å². The normalized spacial score (nSPS) is 12.6. The van der Waals surface area contributed by atoms with Gasteiger partial charge in [-0.25, -0.2) is 9.18 Å². The maximum Gasteiger partial charge on any atom is 0.420 e. The number of urea groups is 1. The molecule has 0 aliphatic heterocycles. The van der Waals surface area contributed by atoms with Crippen LogP contribution in [0.15, 0.2) is 54.6 Å². The van der Waals surface area contributed by atoms with Crippen LogP contribution in [-0.2, 0) is 6.42 Å². The van der Waals surface area contributed by atoms with Gasteiger partial charge in [0.15, 0.2) is 0 Å². The molecule has 0 radical (unpaired) electrons. The molecule has 0 aromatic heterocycles. The molecule has 2 N–H and O–H groups in total. The van der Waals surface area contributed by atoms with Crippen molar-refractivity contribution in [1.82, 2.24) is 5.32 Å². The Morgan fingerprint density at radius 1 is 0.815 bits per heavy atom. The van der Waals surface area contributed by atoms with Crippen molar-refractivity contribution in [3.63, 3.8) is 0 Å². The Bertz CT molecular complexity index is 774.